The van der Waals surface area contributed by atoms with E-state index in [9.17, 15) is 9.50 Å². The zero-order valence-corrected chi connectivity index (χ0v) is 14.8. The molecule has 0 radical (unpaired) electrons. The number of aryl methyl sites for hydroxylation is 1. The summed E-state index contributed by atoms with van der Waals surface area (Å²) >= 11 is 1.68. The van der Waals surface area contributed by atoms with Crippen molar-refractivity contribution in [3.63, 3.8) is 0 Å². The molecule has 0 aliphatic carbocycles. The van der Waals surface area contributed by atoms with Gasteiger partial charge in [0.1, 0.15) is 5.82 Å². The van der Waals surface area contributed by atoms with E-state index in [1.165, 1.54) is 0 Å². The minimum atomic E-state index is -0.244. The normalized spacial score (nSPS) is 15.9. The van der Waals surface area contributed by atoms with Gasteiger partial charge >= 0.3 is 0 Å². The van der Waals surface area contributed by atoms with Crippen LogP contribution in [0.3, 0.4) is 0 Å². The number of thiazole rings is 1. The second-order valence-corrected chi connectivity index (χ2v) is 7.14. The Balaban J connectivity index is 1.54. The molecule has 2 N–H and O–H groups in total. The van der Waals surface area contributed by atoms with E-state index in [1.807, 2.05) is 17.0 Å². The number of benzene rings is 1. The Bertz CT molecular complexity index is 668. The molecule has 24 heavy (non-hydrogen) atoms. The highest BCUT2D eigenvalue weighted by Crippen LogP contribution is 2.24. The number of aliphatic hydroxyl groups excluding tert-OH is 1. The van der Waals surface area contributed by atoms with Gasteiger partial charge in [-0.15, -0.1) is 11.3 Å². The molecule has 130 valence electrons. The van der Waals surface area contributed by atoms with E-state index in [2.05, 4.69) is 22.6 Å². The molecule has 1 aromatic carbocycles. The molecule has 0 atom stereocenters. The van der Waals surface area contributed by atoms with Gasteiger partial charge in [0.05, 0.1) is 22.5 Å². The average Bonchev–Trinajstić information content (AvgIpc) is 3.04. The first-order valence-corrected chi connectivity index (χ1v) is 9.39. The fraction of sp³-hybridized carbons (Fsp3) is 0.500. The number of aromatic nitrogens is 1. The number of rotatable bonds is 6. The van der Waals surface area contributed by atoms with Crippen LogP contribution in [0.2, 0.25) is 0 Å². The average molecular weight is 349 g/mol. The third-order valence-corrected chi connectivity index (χ3v) is 5.40. The van der Waals surface area contributed by atoms with Gasteiger partial charge in [-0.1, -0.05) is 13.0 Å². The standard InChI is InChI=1S/C18H24FN3OS/c1-2-18-21-14(12-24-18)11-20-10-13-3-4-17(16(19)9-13)22-7-5-15(23)6-8-22/h3-4,9,12,15,20,23H,2,5-8,10-11H2,1H3. The molecule has 2 heterocycles. The number of hydrogen-bond donors (Lipinski definition) is 2. The van der Waals surface area contributed by atoms with Crippen molar-refractivity contribution in [2.45, 2.75) is 45.4 Å². The van der Waals surface area contributed by atoms with E-state index < -0.39 is 0 Å². The molecule has 0 unspecified atom stereocenters. The van der Waals surface area contributed by atoms with E-state index in [1.54, 1.807) is 17.4 Å². The molecule has 4 nitrogen and oxygen atoms in total. The topological polar surface area (TPSA) is 48.4 Å². The highest BCUT2D eigenvalue weighted by Gasteiger charge is 2.19. The molecule has 1 saturated heterocycles. The van der Waals surface area contributed by atoms with Crippen molar-refractivity contribution < 1.29 is 9.50 Å². The number of aliphatic hydroxyl groups is 1. The van der Waals surface area contributed by atoms with E-state index in [-0.39, 0.29) is 11.9 Å². The largest absolute Gasteiger partial charge is 0.393 e. The Morgan fingerprint density at radius 2 is 2.12 bits per heavy atom. The minimum absolute atomic E-state index is 0.187. The highest BCUT2D eigenvalue weighted by atomic mass is 32.1. The third kappa shape index (κ3) is 4.32. The fourth-order valence-electron chi connectivity index (χ4n) is 2.95. The number of anilines is 1. The lowest BCUT2D eigenvalue weighted by molar-refractivity contribution is 0.145. The van der Waals surface area contributed by atoms with Crippen molar-refractivity contribution in [2.75, 3.05) is 18.0 Å². The number of nitrogens with zero attached hydrogens (tertiary/aromatic N) is 2. The molecule has 1 aliphatic heterocycles. The van der Waals surface area contributed by atoms with Gasteiger partial charge in [0, 0.05) is 31.6 Å². The summed E-state index contributed by atoms with van der Waals surface area (Å²) in [7, 11) is 0. The fourth-order valence-corrected chi connectivity index (χ4v) is 3.70. The first-order valence-electron chi connectivity index (χ1n) is 8.51. The number of halogens is 1. The van der Waals surface area contributed by atoms with Crippen molar-refractivity contribution in [2.24, 2.45) is 0 Å². The molecular formula is C18H24FN3OS. The van der Waals surface area contributed by atoms with Crippen LogP contribution >= 0.6 is 11.3 Å². The monoisotopic (exact) mass is 349 g/mol. The summed E-state index contributed by atoms with van der Waals surface area (Å²) < 4.78 is 14.4. The summed E-state index contributed by atoms with van der Waals surface area (Å²) in [6, 6.07) is 5.42. The van der Waals surface area contributed by atoms with Crippen molar-refractivity contribution >= 4 is 17.0 Å². The van der Waals surface area contributed by atoms with Gasteiger partial charge in [0.25, 0.3) is 0 Å². The second kappa shape index (κ2) is 8.05. The lowest BCUT2D eigenvalue weighted by Gasteiger charge is -2.31. The Labute approximate surface area is 146 Å². The molecule has 0 spiro atoms. The van der Waals surface area contributed by atoms with E-state index in [0.29, 0.717) is 44.7 Å². The molecule has 2 aromatic rings. The van der Waals surface area contributed by atoms with Gasteiger partial charge in [-0.3, -0.25) is 0 Å². The van der Waals surface area contributed by atoms with Gasteiger partial charge in [-0.2, -0.15) is 0 Å². The maximum Gasteiger partial charge on any atom is 0.146 e. The minimum Gasteiger partial charge on any atom is -0.393 e. The molecule has 1 aromatic heterocycles. The maximum absolute atomic E-state index is 14.4. The van der Waals surface area contributed by atoms with Crippen LogP contribution < -0.4 is 10.2 Å². The summed E-state index contributed by atoms with van der Waals surface area (Å²) in [6.07, 6.45) is 2.13. The smallest absolute Gasteiger partial charge is 0.146 e. The van der Waals surface area contributed by atoms with Crippen molar-refractivity contribution in [3.05, 3.63) is 45.7 Å². The second-order valence-electron chi connectivity index (χ2n) is 6.19. The van der Waals surface area contributed by atoms with E-state index in [0.717, 1.165) is 22.7 Å². The van der Waals surface area contributed by atoms with Crippen molar-refractivity contribution in [3.8, 4) is 0 Å². The van der Waals surface area contributed by atoms with Crippen LogP contribution in [0.1, 0.15) is 36.0 Å². The Kier molecular flexibility index (Phi) is 5.81. The van der Waals surface area contributed by atoms with Crippen LogP contribution in [0.4, 0.5) is 10.1 Å². The Morgan fingerprint density at radius 3 is 2.79 bits per heavy atom. The van der Waals surface area contributed by atoms with Crippen LogP contribution in [-0.4, -0.2) is 29.3 Å². The molecular weight excluding hydrogens is 325 g/mol. The van der Waals surface area contributed by atoms with Crippen LogP contribution in [0.15, 0.2) is 23.6 Å². The van der Waals surface area contributed by atoms with Gasteiger partial charge in [-0.25, -0.2) is 9.37 Å². The first-order chi connectivity index (χ1) is 11.7. The summed E-state index contributed by atoms with van der Waals surface area (Å²) in [5.74, 6) is -0.187. The van der Waals surface area contributed by atoms with Gasteiger partial charge in [0.15, 0.2) is 0 Å². The molecule has 0 amide bonds. The van der Waals surface area contributed by atoms with Crippen LogP contribution in [0.5, 0.6) is 0 Å². The zero-order chi connectivity index (χ0) is 16.9. The number of nitrogens with one attached hydrogen (secondary N) is 1. The highest BCUT2D eigenvalue weighted by molar-refractivity contribution is 7.09. The molecule has 1 aliphatic rings. The molecule has 3 rings (SSSR count). The lowest BCUT2D eigenvalue weighted by atomic mass is 10.1. The van der Waals surface area contributed by atoms with Crippen LogP contribution in [0, 0.1) is 5.82 Å². The summed E-state index contributed by atoms with van der Waals surface area (Å²) in [4.78, 5) is 6.53. The van der Waals surface area contributed by atoms with Crippen LogP contribution in [0.25, 0.3) is 0 Å². The third-order valence-electron chi connectivity index (χ3n) is 4.35. The van der Waals surface area contributed by atoms with Gasteiger partial charge in [0.2, 0.25) is 0 Å². The lowest BCUT2D eigenvalue weighted by Crippen LogP contribution is -2.36. The Morgan fingerprint density at radius 1 is 1.33 bits per heavy atom. The van der Waals surface area contributed by atoms with Gasteiger partial charge in [-0.05, 0) is 37.0 Å². The van der Waals surface area contributed by atoms with E-state index >= 15 is 0 Å². The predicted octanol–water partition coefficient (Wildman–Crippen LogP) is 3.10. The van der Waals surface area contributed by atoms with Crippen molar-refractivity contribution in [1.29, 1.82) is 0 Å². The Hall–Kier alpha value is -1.50. The quantitative estimate of drug-likeness (QED) is 0.841. The number of piperidine rings is 1. The van der Waals surface area contributed by atoms with E-state index in [4.69, 9.17) is 0 Å². The molecule has 1 fully saturated rings. The maximum atomic E-state index is 14.4. The summed E-state index contributed by atoms with van der Waals surface area (Å²) in [5, 5.41) is 16.1. The molecule has 6 heteroatoms. The predicted molar refractivity (Wildman–Crippen MR) is 95.9 cm³/mol. The summed E-state index contributed by atoms with van der Waals surface area (Å²) in [5.41, 5.74) is 2.61. The van der Waals surface area contributed by atoms with Crippen LogP contribution in [-0.2, 0) is 19.5 Å². The van der Waals surface area contributed by atoms with Gasteiger partial charge < -0.3 is 15.3 Å². The van der Waals surface area contributed by atoms with Crippen molar-refractivity contribution in [1.82, 2.24) is 10.3 Å². The SMILES string of the molecule is CCc1nc(CNCc2ccc(N3CCC(O)CC3)c(F)c2)cs1. The first kappa shape index (κ1) is 17.3. The number of hydrogen-bond acceptors (Lipinski definition) is 5. The summed E-state index contributed by atoms with van der Waals surface area (Å²) in [6.45, 7) is 4.83. The zero-order valence-electron chi connectivity index (χ0n) is 14.0. The molecule has 0 bridgehead atoms. The molecule has 0 saturated carbocycles.